The van der Waals surface area contributed by atoms with E-state index in [-0.39, 0.29) is 62.2 Å². The number of fused-ring (bicyclic) bond motifs is 4. The van der Waals surface area contributed by atoms with Gasteiger partial charge in [-0.05, 0) is 160 Å². The molecule has 0 aliphatic carbocycles. The lowest BCUT2D eigenvalue weighted by molar-refractivity contribution is -0.384. The molecule has 6 aliphatic heterocycles. The number of piperidine rings is 4. The largest absolute Gasteiger partial charge is 0.516 e. The average Bonchev–Trinajstić information content (AvgIpc) is 1.63. The smallest absolute Gasteiger partial charge is 0.466 e. The molecular weight excluding hydrogens is 1340 g/mol. The van der Waals surface area contributed by atoms with Crippen LogP contribution in [-0.2, 0) is 94.9 Å². The zero-order valence-corrected chi connectivity index (χ0v) is 59.3. The highest BCUT2D eigenvalue weighted by Crippen LogP contribution is 2.34. The first-order valence-electron chi connectivity index (χ1n) is 32.0. The number of carbonyl (C=O) groups is 10. The average molecular weight is 1440 g/mol. The monoisotopic (exact) mass is 1440 g/mol. The number of urea groups is 2. The number of hydroxylamine groups is 4. The molecule has 2 unspecified atom stereocenters. The molecule has 3 N–H and O–H groups in total. The number of rotatable bonds is 24. The molecule has 6 fully saturated rings. The van der Waals surface area contributed by atoms with E-state index >= 15 is 0 Å². The Bertz CT molecular complexity index is 3250. The SMILES string of the molecule is CC(OC(=O)Oc1ccc([N+](=O)[O-])cc1)OC(=O)C(C)(C)C.CCOC(=O)C(C)(C)COS(=O)(=O)ON1C(=O)N2C[C@H]1CC[C@H]2C(=O)NC1CCN(C(=O)OC(C)OC(=O)C(C)(C)C)CC1.CCOC(=O)C(C)(C)COS(=O)(=O)ON1C(=O)N2C[C@H]1CC[C@H]2C(=O)NC1CCNCC1. The van der Waals surface area contributed by atoms with Crippen LogP contribution in [0.25, 0.3) is 0 Å². The van der Waals surface area contributed by atoms with Crippen LogP contribution in [0, 0.1) is 31.8 Å². The van der Waals surface area contributed by atoms with Crippen LogP contribution in [0.5, 0.6) is 5.75 Å². The highest BCUT2D eigenvalue weighted by atomic mass is 32.3. The zero-order chi connectivity index (χ0) is 73.5. The second-order valence-corrected chi connectivity index (χ2v) is 29.5. The van der Waals surface area contributed by atoms with Crippen LogP contribution >= 0.6 is 0 Å². The molecule has 36 nitrogen and oxygen atoms in total. The highest BCUT2D eigenvalue weighted by molar-refractivity contribution is 7.82. The first kappa shape index (κ1) is 80.9. The second-order valence-electron chi connectivity index (χ2n) is 27.1. The maximum Gasteiger partial charge on any atom is 0.516 e. The number of nitrogens with zero attached hydrogens (tertiary/aromatic N) is 6. The van der Waals surface area contributed by atoms with Gasteiger partial charge in [0.2, 0.25) is 24.4 Å². The van der Waals surface area contributed by atoms with E-state index in [0.29, 0.717) is 50.3 Å². The number of nitrogens with one attached hydrogen (secondary N) is 3. The van der Waals surface area contributed by atoms with Crippen molar-refractivity contribution in [2.75, 3.05) is 65.7 Å². The number of ether oxygens (including phenoxy) is 7. The van der Waals surface area contributed by atoms with E-state index in [9.17, 15) is 74.9 Å². The first-order chi connectivity index (χ1) is 45.5. The summed E-state index contributed by atoms with van der Waals surface area (Å²) in [6.07, 6.45) is 0.0574. The maximum absolute atomic E-state index is 13.2. The summed E-state index contributed by atoms with van der Waals surface area (Å²) in [4.78, 5) is 137. The first-order valence-corrected chi connectivity index (χ1v) is 34.7. The van der Waals surface area contributed by atoms with Crippen LogP contribution in [0.1, 0.15) is 148 Å². The van der Waals surface area contributed by atoms with Crippen molar-refractivity contribution in [2.45, 2.75) is 197 Å². The molecule has 0 saturated carbocycles. The van der Waals surface area contributed by atoms with Gasteiger partial charge in [0.25, 0.3) is 5.69 Å². The molecular formula is C60H93N9O27S2. The van der Waals surface area contributed by atoms with Crippen LogP contribution in [0.4, 0.5) is 24.9 Å². The van der Waals surface area contributed by atoms with Crippen molar-refractivity contribution < 1.29 is 120 Å². The number of amides is 7. The van der Waals surface area contributed by atoms with Crippen molar-refractivity contribution in [2.24, 2.45) is 21.7 Å². The summed E-state index contributed by atoms with van der Waals surface area (Å²) >= 11 is 0. The van der Waals surface area contributed by atoms with Gasteiger partial charge >= 0.3 is 69.0 Å². The Labute approximate surface area is 569 Å². The fourth-order valence-electron chi connectivity index (χ4n) is 10.0. The van der Waals surface area contributed by atoms with E-state index in [2.05, 4.69) is 16.0 Å². The molecule has 1 aromatic carbocycles. The van der Waals surface area contributed by atoms with Gasteiger partial charge in [0.05, 0.1) is 65.1 Å². The minimum Gasteiger partial charge on any atom is -0.466 e. The summed E-state index contributed by atoms with van der Waals surface area (Å²) in [6, 6.07) is 0.564. The molecule has 38 heteroatoms. The van der Waals surface area contributed by atoms with E-state index < -0.39 is 151 Å². The molecule has 0 aromatic heterocycles. The van der Waals surface area contributed by atoms with Crippen LogP contribution in [-0.4, -0.2) is 221 Å². The molecule has 1 aromatic rings. The molecule has 7 amide bonds. The molecule has 0 spiro atoms. The summed E-state index contributed by atoms with van der Waals surface area (Å²) < 4.78 is 104. The standard InChI is InChI=1S/C27H44N4O12S.C19H32N4O8S.C14H17NO7/c1-8-39-23(34)27(6,7)16-40-44(37,38)43-31-19-9-10-20(30(15-19)24(31)35)21(32)28-18-11-13-29(14-12-18)25(36)42-17(2)41-22(33)26(3,4)5;1-4-29-17(25)19(2,3)12-30-32(27,28)31-23-14-5-6-15(22(11-14)18(23)26)16(24)21-13-7-9-20-10-8-13;1-9(20-12(16)14(2,3)4)21-13(17)22-11-7-5-10(6-8-11)15(18)19/h17-20H,8-16H2,1-7H3,(H,28,32);13-15,20H,4-12H2,1-3H3,(H,21,24);5-9H,1-4H3/t17?,19-,20+;14-,15+;/m11./s1. The third kappa shape index (κ3) is 23.7. The Morgan fingerprint density at radius 1 is 0.582 bits per heavy atom. The normalized spacial score (nSPS) is 20.6. The summed E-state index contributed by atoms with van der Waals surface area (Å²) in [5.41, 5.74) is -4.09. The third-order valence-electron chi connectivity index (χ3n) is 15.7. The summed E-state index contributed by atoms with van der Waals surface area (Å²) in [6.45, 7) is 23.7. The molecule has 6 atom stereocenters. The highest BCUT2D eigenvalue weighted by Gasteiger charge is 2.52. The predicted molar refractivity (Wildman–Crippen MR) is 338 cm³/mol. The third-order valence-corrected chi connectivity index (χ3v) is 17.2. The lowest BCUT2D eigenvalue weighted by Gasteiger charge is -2.35. The minimum atomic E-state index is -4.71. The molecule has 552 valence electrons. The number of nitro groups is 1. The molecule has 7 rings (SSSR count). The number of carbonyl (C=O) groups excluding carboxylic acids is 10. The number of hydrogen-bond acceptors (Lipinski definition) is 28. The fourth-order valence-corrected chi connectivity index (χ4v) is 11.8. The number of likely N-dealkylation sites (tertiary alicyclic amines) is 1. The molecule has 98 heavy (non-hydrogen) atoms. The van der Waals surface area contributed by atoms with E-state index in [4.69, 9.17) is 50.1 Å². The number of benzene rings is 1. The molecule has 0 radical (unpaired) electrons. The quantitative estimate of drug-likeness (QED) is 0.0317. The van der Waals surface area contributed by atoms with Crippen LogP contribution in [0.2, 0.25) is 0 Å². The lowest BCUT2D eigenvalue weighted by Crippen LogP contribution is -2.54. The van der Waals surface area contributed by atoms with E-state index in [1.807, 2.05) is 0 Å². The van der Waals surface area contributed by atoms with Crippen LogP contribution in [0.15, 0.2) is 24.3 Å². The minimum absolute atomic E-state index is 0.0584. The van der Waals surface area contributed by atoms with E-state index in [1.54, 1.807) is 55.4 Å². The van der Waals surface area contributed by atoms with Crippen molar-refractivity contribution in [1.82, 2.24) is 40.8 Å². The van der Waals surface area contributed by atoms with Crippen LogP contribution < -0.4 is 20.7 Å². The molecule has 4 bridgehead atoms. The summed E-state index contributed by atoms with van der Waals surface area (Å²) in [7, 11) is -9.32. The Kier molecular flexibility index (Phi) is 28.3. The van der Waals surface area contributed by atoms with E-state index in [1.165, 1.54) is 80.5 Å². The Hall–Kier alpha value is -7.78. The second kappa shape index (κ2) is 34.3. The summed E-state index contributed by atoms with van der Waals surface area (Å²) in [5.74, 6) is -2.84. The van der Waals surface area contributed by atoms with Gasteiger partial charge in [-0.2, -0.15) is 27.0 Å². The Morgan fingerprint density at radius 3 is 1.37 bits per heavy atom. The lowest BCUT2D eigenvalue weighted by atomic mass is 9.95. The predicted octanol–water partition coefficient (Wildman–Crippen LogP) is 4.64. The zero-order valence-electron chi connectivity index (χ0n) is 57.7. The molecule has 6 heterocycles. The number of hydrogen-bond donors (Lipinski definition) is 3. The van der Waals surface area contributed by atoms with Gasteiger partial charge in [-0.25, -0.2) is 27.5 Å². The topological polar surface area (TPSA) is 436 Å². The number of nitro benzene ring substituents is 1. The number of esters is 4. The van der Waals surface area contributed by atoms with Gasteiger partial charge in [0.15, 0.2) is 0 Å². The van der Waals surface area contributed by atoms with Gasteiger partial charge in [-0.3, -0.25) is 38.9 Å². The van der Waals surface area contributed by atoms with Crippen molar-refractivity contribution >= 4 is 86.5 Å². The fraction of sp³-hybridized carbons (Fsp3) is 0.733. The maximum atomic E-state index is 13.2. The van der Waals surface area contributed by atoms with Crippen molar-refractivity contribution in [3.8, 4) is 5.75 Å². The van der Waals surface area contributed by atoms with Gasteiger partial charge in [0, 0.05) is 64.2 Å². The Morgan fingerprint density at radius 2 is 0.980 bits per heavy atom. The van der Waals surface area contributed by atoms with Crippen molar-refractivity contribution in [1.29, 1.82) is 0 Å². The van der Waals surface area contributed by atoms with Crippen molar-refractivity contribution in [3.05, 3.63) is 34.4 Å². The molecule has 6 saturated heterocycles. The van der Waals surface area contributed by atoms with Gasteiger partial charge in [0.1, 0.15) is 17.8 Å². The van der Waals surface area contributed by atoms with E-state index in [0.717, 1.165) is 31.0 Å². The molecule has 6 aliphatic rings. The van der Waals surface area contributed by atoms with Gasteiger partial charge in [-0.15, -0.1) is 8.57 Å². The van der Waals surface area contributed by atoms with Crippen molar-refractivity contribution in [3.63, 3.8) is 0 Å². The number of non-ortho nitro benzene ring substituents is 1. The summed E-state index contributed by atoms with van der Waals surface area (Å²) in [5, 5.41) is 21.1. The van der Waals surface area contributed by atoms with Gasteiger partial charge in [-0.1, -0.05) is 0 Å². The van der Waals surface area contributed by atoms with Gasteiger partial charge < -0.3 is 63.8 Å². The van der Waals surface area contributed by atoms with Crippen LogP contribution in [0.3, 0.4) is 0 Å². The Balaban J connectivity index is 0.000000282.